The number of fused-ring (bicyclic) bond motifs is 2. The summed E-state index contributed by atoms with van der Waals surface area (Å²) in [6.07, 6.45) is 6.73. The fraction of sp³-hybridized carbons (Fsp3) is 0.409. The summed E-state index contributed by atoms with van der Waals surface area (Å²) in [4.78, 5) is 13.5. The summed E-state index contributed by atoms with van der Waals surface area (Å²) >= 11 is 1.29. The van der Waals surface area contributed by atoms with Gasteiger partial charge in [-0.05, 0) is 104 Å². The zero-order valence-electron chi connectivity index (χ0n) is 15.9. The Morgan fingerprint density at radius 1 is 1.00 bits per heavy atom. The minimum Gasteiger partial charge on any atom is -0.386 e. The molecule has 0 saturated heterocycles. The van der Waals surface area contributed by atoms with Gasteiger partial charge in [0.15, 0.2) is 0 Å². The number of rotatable bonds is 4. The Morgan fingerprint density at radius 3 is 2.15 bits per heavy atom. The highest BCUT2D eigenvalue weighted by Gasteiger charge is 2.25. The summed E-state index contributed by atoms with van der Waals surface area (Å²) in [6, 6.07) is 9.79. The molecule has 2 aliphatic rings. The van der Waals surface area contributed by atoms with E-state index in [2.05, 4.69) is 16.1 Å². The number of hydrogen-bond donors (Lipinski definition) is 3. The Morgan fingerprint density at radius 2 is 1.59 bits per heavy atom. The maximum absolute atomic E-state index is 12.5. The molecule has 0 aliphatic heterocycles. The second-order valence-corrected chi connectivity index (χ2v) is 8.86. The molecule has 0 radical (unpaired) electrons. The van der Waals surface area contributed by atoms with Gasteiger partial charge in [0, 0.05) is 10.6 Å². The van der Waals surface area contributed by atoms with Crippen LogP contribution in [-0.4, -0.2) is 11.1 Å². The molecule has 0 spiro atoms. The second-order valence-electron chi connectivity index (χ2n) is 7.98. The first-order chi connectivity index (χ1) is 12.9. The molecule has 2 aromatic rings. The fourth-order valence-electron chi connectivity index (χ4n) is 4.14. The van der Waals surface area contributed by atoms with Crippen molar-refractivity contribution in [2.75, 3.05) is 5.32 Å². The molecule has 0 heterocycles. The lowest BCUT2D eigenvalue weighted by atomic mass is 9.99. The van der Waals surface area contributed by atoms with Crippen LogP contribution in [0.1, 0.15) is 54.5 Å². The molecular formula is C22H26N2O2S. The van der Waals surface area contributed by atoms with Crippen LogP contribution < -0.4 is 10.0 Å². The molecule has 2 aromatic carbocycles. The average Bonchev–Trinajstić information content (AvgIpc) is 3.28. The van der Waals surface area contributed by atoms with Gasteiger partial charge in [-0.15, -0.1) is 0 Å². The molecule has 142 valence electrons. The van der Waals surface area contributed by atoms with E-state index < -0.39 is 5.60 Å². The standard InChI is InChI=1S/C22H26N2O2S/c1-22(2,26)16-9-11-17(12-10-16)27-24-21(25)23-20-18-7-3-5-14(18)13-15-6-4-8-19(15)20/h9-13,26H,3-8H2,1-2H3,(H2,23,24,25). The van der Waals surface area contributed by atoms with Crippen LogP contribution in [0.2, 0.25) is 0 Å². The molecule has 3 N–H and O–H groups in total. The molecule has 4 nitrogen and oxygen atoms in total. The van der Waals surface area contributed by atoms with Gasteiger partial charge in [0.25, 0.3) is 0 Å². The van der Waals surface area contributed by atoms with E-state index in [9.17, 15) is 9.90 Å². The molecule has 0 bridgehead atoms. The molecule has 0 fully saturated rings. The monoisotopic (exact) mass is 382 g/mol. The third kappa shape index (κ3) is 3.85. The van der Waals surface area contributed by atoms with E-state index in [0.717, 1.165) is 41.8 Å². The number of aryl methyl sites for hydroxylation is 2. The van der Waals surface area contributed by atoms with Crippen LogP contribution in [0.25, 0.3) is 0 Å². The normalized spacial score (nSPS) is 15.4. The van der Waals surface area contributed by atoms with Crippen LogP contribution in [-0.2, 0) is 31.3 Å². The first-order valence-corrected chi connectivity index (χ1v) is 10.5. The summed E-state index contributed by atoms with van der Waals surface area (Å²) in [6.45, 7) is 3.52. The number of carbonyl (C=O) groups is 1. The van der Waals surface area contributed by atoms with Crippen molar-refractivity contribution in [3.63, 3.8) is 0 Å². The topological polar surface area (TPSA) is 61.4 Å². The largest absolute Gasteiger partial charge is 0.386 e. The maximum Gasteiger partial charge on any atom is 0.329 e. The summed E-state index contributed by atoms with van der Waals surface area (Å²) in [5, 5.41) is 13.2. The summed E-state index contributed by atoms with van der Waals surface area (Å²) in [7, 11) is 0. The molecule has 2 aliphatic carbocycles. The van der Waals surface area contributed by atoms with Gasteiger partial charge in [-0.2, -0.15) is 0 Å². The molecule has 0 unspecified atom stereocenters. The van der Waals surface area contributed by atoms with Crippen LogP contribution in [0, 0.1) is 0 Å². The van der Waals surface area contributed by atoms with Crippen LogP contribution in [0.4, 0.5) is 10.5 Å². The van der Waals surface area contributed by atoms with E-state index in [1.807, 2.05) is 24.3 Å². The van der Waals surface area contributed by atoms with Crippen molar-refractivity contribution < 1.29 is 9.90 Å². The van der Waals surface area contributed by atoms with Gasteiger partial charge in [0.1, 0.15) is 0 Å². The highest BCUT2D eigenvalue weighted by molar-refractivity contribution is 7.98. The van der Waals surface area contributed by atoms with Gasteiger partial charge in [-0.3, -0.25) is 4.72 Å². The highest BCUT2D eigenvalue weighted by Crippen LogP contribution is 2.38. The lowest BCUT2D eigenvalue weighted by Crippen LogP contribution is -2.24. The van der Waals surface area contributed by atoms with Gasteiger partial charge in [0.05, 0.1) is 5.60 Å². The Balaban J connectivity index is 1.44. The smallest absolute Gasteiger partial charge is 0.329 e. The van der Waals surface area contributed by atoms with Crippen LogP contribution in [0.3, 0.4) is 0 Å². The van der Waals surface area contributed by atoms with Crippen LogP contribution in [0.5, 0.6) is 0 Å². The number of benzene rings is 2. The van der Waals surface area contributed by atoms with Crippen molar-refractivity contribution in [3.05, 3.63) is 58.1 Å². The van der Waals surface area contributed by atoms with Crippen molar-refractivity contribution in [2.45, 2.75) is 62.9 Å². The minimum absolute atomic E-state index is 0.180. The molecule has 0 aromatic heterocycles. The van der Waals surface area contributed by atoms with Crippen LogP contribution >= 0.6 is 11.9 Å². The Kier molecular flexibility index (Phi) is 4.91. The van der Waals surface area contributed by atoms with Gasteiger partial charge >= 0.3 is 6.03 Å². The number of hydrogen-bond acceptors (Lipinski definition) is 3. The number of nitrogens with one attached hydrogen (secondary N) is 2. The predicted molar refractivity (Wildman–Crippen MR) is 110 cm³/mol. The molecule has 0 saturated carbocycles. The van der Waals surface area contributed by atoms with Crippen molar-refractivity contribution in [3.8, 4) is 0 Å². The second kappa shape index (κ2) is 7.21. The number of carbonyl (C=O) groups excluding carboxylic acids is 1. The van der Waals surface area contributed by atoms with Crippen molar-refractivity contribution in [2.24, 2.45) is 0 Å². The summed E-state index contributed by atoms with van der Waals surface area (Å²) in [5.41, 5.74) is 6.57. The number of aliphatic hydroxyl groups is 1. The number of amides is 2. The SMILES string of the molecule is CC(C)(O)c1ccc(SNC(=O)Nc2c3c(cc4c2CCC4)CCC3)cc1. The van der Waals surface area contributed by atoms with Gasteiger partial charge < -0.3 is 10.4 Å². The summed E-state index contributed by atoms with van der Waals surface area (Å²) < 4.78 is 2.89. The van der Waals surface area contributed by atoms with Gasteiger partial charge in [-0.1, -0.05) is 18.2 Å². The van der Waals surface area contributed by atoms with Gasteiger partial charge in [0.2, 0.25) is 0 Å². The van der Waals surface area contributed by atoms with E-state index in [1.165, 1.54) is 47.0 Å². The van der Waals surface area contributed by atoms with Crippen molar-refractivity contribution in [1.29, 1.82) is 0 Å². The van der Waals surface area contributed by atoms with E-state index in [0.29, 0.717) is 0 Å². The maximum atomic E-state index is 12.5. The van der Waals surface area contributed by atoms with E-state index in [-0.39, 0.29) is 6.03 Å². The summed E-state index contributed by atoms with van der Waals surface area (Å²) in [5.74, 6) is 0. The fourth-order valence-corrected chi connectivity index (χ4v) is 4.68. The average molecular weight is 383 g/mol. The lowest BCUT2D eigenvalue weighted by Gasteiger charge is -2.18. The van der Waals surface area contributed by atoms with E-state index in [4.69, 9.17) is 0 Å². The molecular weight excluding hydrogens is 356 g/mol. The van der Waals surface area contributed by atoms with E-state index in [1.54, 1.807) is 13.8 Å². The highest BCUT2D eigenvalue weighted by atomic mass is 32.2. The third-order valence-corrected chi connectivity index (χ3v) is 6.33. The molecule has 0 atom stereocenters. The number of urea groups is 1. The van der Waals surface area contributed by atoms with Gasteiger partial charge in [-0.25, -0.2) is 4.79 Å². The van der Waals surface area contributed by atoms with Crippen molar-refractivity contribution in [1.82, 2.24) is 4.72 Å². The minimum atomic E-state index is -0.859. The van der Waals surface area contributed by atoms with Crippen molar-refractivity contribution >= 4 is 23.7 Å². The molecule has 4 rings (SSSR count). The first-order valence-electron chi connectivity index (χ1n) is 9.65. The Bertz CT molecular complexity index is 837. The molecule has 27 heavy (non-hydrogen) atoms. The molecule has 2 amide bonds. The quantitative estimate of drug-likeness (QED) is 0.671. The zero-order chi connectivity index (χ0) is 19.0. The Hall–Kier alpha value is -1.98. The predicted octanol–water partition coefficient (Wildman–Crippen LogP) is 4.72. The van der Waals surface area contributed by atoms with Crippen LogP contribution in [0.15, 0.2) is 35.2 Å². The Labute approximate surface area is 164 Å². The lowest BCUT2D eigenvalue weighted by molar-refractivity contribution is 0.0785. The van der Waals surface area contributed by atoms with E-state index >= 15 is 0 Å². The first kappa shape index (κ1) is 18.4. The zero-order valence-corrected chi connectivity index (χ0v) is 16.7. The third-order valence-electron chi connectivity index (χ3n) is 5.53. The molecule has 5 heteroatoms. The number of anilines is 1.